The van der Waals surface area contributed by atoms with E-state index in [0.717, 1.165) is 39.8 Å². The summed E-state index contributed by atoms with van der Waals surface area (Å²) in [6.45, 7) is 9.07. The Kier molecular flexibility index (Phi) is 4.19. The Morgan fingerprint density at radius 3 is 1.69 bits per heavy atom. The summed E-state index contributed by atoms with van der Waals surface area (Å²) >= 11 is 0. The molecule has 0 amide bonds. The van der Waals surface area contributed by atoms with Gasteiger partial charge in [0.15, 0.2) is 0 Å². The number of rotatable bonds is 2. The molecule has 2 rings (SSSR count). The molecule has 0 aromatic heterocycles. The maximum atomic E-state index is 5.34. The zero-order valence-corrected chi connectivity index (χ0v) is 10.1. The highest BCUT2D eigenvalue weighted by atomic mass is 16.5. The van der Waals surface area contributed by atoms with E-state index in [1.165, 1.54) is 0 Å². The van der Waals surface area contributed by atoms with Gasteiger partial charge in [-0.05, 0) is 13.8 Å². The van der Waals surface area contributed by atoms with Crippen LogP contribution in [0.25, 0.3) is 0 Å². The molecule has 2 atom stereocenters. The van der Waals surface area contributed by atoms with Gasteiger partial charge in [0.2, 0.25) is 0 Å². The molecule has 0 spiro atoms. The van der Waals surface area contributed by atoms with Crippen molar-refractivity contribution >= 4 is 0 Å². The van der Waals surface area contributed by atoms with Crippen LogP contribution in [0.15, 0.2) is 0 Å². The fourth-order valence-corrected chi connectivity index (χ4v) is 1.86. The quantitative estimate of drug-likeness (QED) is 0.632. The van der Waals surface area contributed by atoms with Gasteiger partial charge in [0.1, 0.15) is 13.5 Å². The maximum Gasteiger partial charge on any atom is 0.100 e. The first kappa shape index (κ1) is 11.9. The second-order valence-corrected chi connectivity index (χ2v) is 4.55. The van der Waals surface area contributed by atoms with Crippen LogP contribution < -0.4 is 0 Å². The molecule has 2 fully saturated rings. The van der Waals surface area contributed by atoms with E-state index in [0.29, 0.717) is 12.1 Å². The monoisotopic (exact) mass is 224 g/mol. The highest BCUT2D eigenvalue weighted by Gasteiger charge is 2.20. The van der Waals surface area contributed by atoms with E-state index < -0.39 is 0 Å². The summed E-state index contributed by atoms with van der Waals surface area (Å²) in [6, 6.07) is 1.01. The van der Waals surface area contributed by atoms with E-state index in [4.69, 9.17) is 9.47 Å². The molecule has 2 aliphatic heterocycles. The van der Waals surface area contributed by atoms with Gasteiger partial charge >= 0.3 is 0 Å². The van der Waals surface area contributed by atoms with E-state index in [2.05, 4.69) is 35.5 Å². The van der Waals surface area contributed by atoms with Gasteiger partial charge in [0.25, 0.3) is 0 Å². The number of hydrogen-bond donors (Lipinski definition) is 0. The minimum Gasteiger partial charge on any atom is -0.364 e. The third kappa shape index (κ3) is 2.96. The van der Waals surface area contributed by atoms with Crippen molar-refractivity contribution in [1.29, 1.82) is 0 Å². The molecule has 90 valence electrons. The van der Waals surface area contributed by atoms with Gasteiger partial charge in [-0.3, -0.25) is 9.80 Å². The Balaban J connectivity index is 1.69. The van der Waals surface area contributed by atoms with Gasteiger partial charge in [0, 0.05) is 12.1 Å². The molecule has 0 aromatic rings. The Labute approximate surface area is 97.5 Å². The predicted octanol–water partition coefficient (Wildman–Crippen LogP) is 0.346. The van der Waals surface area contributed by atoms with Crippen molar-refractivity contribution in [3.63, 3.8) is 0 Å². The van der Waals surface area contributed by atoms with Crippen LogP contribution in [0.1, 0.15) is 13.8 Å². The maximum absolute atomic E-state index is 5.34. The van der Waals surface area contributed by atoms with E-state index in [-0.39, 0.29) is 0 Å². The minimum absolute atomic E-state index is 0.503. The van der Waals surface area contributed by atoms with Gasteiger partial charge in [-0.25, -0.2) is 0 Å². The molecular weight excluding hydrogens is 204 g/mol. The van der Waals surface area contributed by atoms with Crippen molar-refractivity contribution < 1.29 is 9.47 Å². The van der Waals surface area contributed by atoms with Crippen LogP contribution in [0.2, 0.25) is 0 Å². The average molecular weight is 224 g/mol. The van der Waals surface area contributed by atoms with Gasteiger partial charge in [-0.15, -0.1) is 0 Å². The SMILES string of the molecule is C[C@H]1COCN1CC#CCN1COC[C@@H]1C. The summed E-state index contributed by atoms with van der Waals surface area (Å²) in [5, 5.41) is 0. The molecule has 0 N–H and O–H groups in total. The standard InChI is InChI=1S/C12H20N2O2/c1-11-7-15-9-13(11)5-3-4-6-14-10-16-8-12(14)2/h11-12H,5-10H2,1-2H3/t11-,12-/m0/s1. The lowest BCUT2D eigenvalue weighted by Crippen LogP contribution is -2.29. The molecule has 16 heavy (non-hydrogen) atoms. The first-order chi connectivity index (χ1) is 7.77. The van der Waals surface area contributed by atoms with Crippen LogP contribution in [0, 0.1) is 11.8 Å². The van der Waals surface area contributed by atoms with Crippen molar-refractivity contribution in [2.24, 2.45) is 0 Å². The van der Waals surface area contributed by atoms with Crippen molar-refractivity contribution in [2.75, 3.05) is 39.8 Å². The summed E-state index contributed by atoms with van der Waals surface area (Å²) in [6.07, 6.45) is 0. The molecule has 0 unspecified atom stereocenters. The minimum atomic E-state index is 0.503. The molecular formula is C12H20N2O2. The largest absolute Gasteiger partial charge is 0.364 e. The Morgan fingerprint density at radius 2 is 1.38 bits per heavy atom. The lowest BCUT2D eigenvalue weighted by molar-refractivity contribution is 0.146. The Hall–Kier alpha value is -0.600. The number of ether oxygens (including phenoxy) is 2. The smallest absolute Gasteiger partial charge is 0.100 e. The van der Waals surface area contributed by atoms with Gasteiger partial charge in [-0.1, -0.05) is 11.8 Å². The van der Waals surface area contributed by atoms with Crippen molar-refractivity contribution in [2.45, 2.75) is 25.9 Å². The molecule has 2 aliphatic rings. The summed E-state index contributed by atoms with van der Waals surface area (Å²) in [5.74, 6) is 6.41. The molecule has 0 aromatic carbocycles. The number of nitrogens with zero attached hydrogens (tertiary/aromatic N) is 2. The molecule has 4 heteroatoms. The average Bonchev–Trinajstić information content (AvgIpc) is 2.84. The molecule has 4 nitrogen and oxygen atoms in total. The van der Waals surface area contributed by atoms with Crippen LogP contribution >= 0.6 is 0 Å². The first-order valence-corrected chi connectivity index (χ1v) is 5.86. The van der Waals surface area contributed by atoms with Gasteiger partial charge in [0.05, 0.1) is 26.3 Å². The highest BCUT2D eigenvalue weighted by molar-refractivity contribution is 5.04. The van der Waals surface area contributed by atoms with Crippen LogP contribution in [0.3, 0.4) is 0 Å². The molecule has 0 aliphatic carbocycles. The van der Waals surface area contributed by atoms with E-state index in [1.807, 2.05) is 0 Å². The Bertz CT molecular complexity index is 258. The van der Waals surface area contributed by atoms with Crippen LogP contribution in [0.5, 0.6) is 0 Å². The lowest BCUT2D eigenvalue weighted by Gasteiger charge is -2.15. The van der Waals surface area contributed by atoms with Gasteiger partial charge < -0.3 is 9.47 Å². The van der Waals surface area contributed by atoms with E-state index in [1.54, 1.807) is 0 Å². The van der Waals surface area contributed by atoms with Crippen molar-refractivity contribution in [1.82, 2.24) is 9.80 Å². The predicted molar refractivity (Wildman–Crippen MR) is 61.8 cm³/mol. The lowest BCUT2D eigenvalue weighted by atomic mass is 10.3. The fraction of sp³-hybridized carbons (Fsp3) is 0.833. The molecule has 0 radical (unpaired) electrons. The second-order valence-electron chi connectivity index (χ2n) is 4.55. The van der Waals surface area contributed by atoms with E-state index >= 15 is 0 Å². The van der Waals surface area contributed by atoms with Crippen LogP contribution in [-0.2, 0) is 9.47 Å². The summed E-state index contributed by atoms with van der Waals surface area (Å²) < 4.78 is 10.7. The van der Waals surface area contributed by atoms with Gasteiger partial charge in [-0.2, -0.15) is 0 Å². The zero-order chi connectivity index (χ0) is 11.4. The van der Waals surface area contributed by atoms with Crippen molar-refractivity contribution in [3.05, 3.63) is 0 Å². The van der Waals surface area contributed by atoms with E-state index in [9.17, 15) is 0 Å². The van der Waals surface area contributed by atoms with Crippen molar-refractivity contribution in [3.8, 4) is 11.8 Å². The normalized spacial score (nSPS) is 31.6. The first-order valence-electron chi connectivity index (χ1n) is 5.86. The third-order valence-corrected chi connectivity index (χ3v) is 3.17. The Morgan fingerprint density at radius 1 is 0.938 bits per heavy atom. The van der Waals surface area contributed by atoms with Crippen LogP contribution in [-0.4, -0.2) is 61.6 Å². The second kappa shape index (κ2) is 5.65. The molecule has 0 saturated carbocycles. The number of hydrogen-bond acceptors (Lipinski definition) is 4. The molecule has 2 heterocycles. The summed E-state index contributed by atoms with van der Waals surface area (Å²) in [4.78, 5) is 4.49. The topological polar surface area (TPSA) is 24.9 Å². The summed E-state index contributed by atoms with van der Waals surface area (Å²) in [7, 11) is 0. The fourth-order valence-electron chi connectivity index (χ4n) is 1.86. The zero-order valence-electron chi connectivity index (χ0n) is 10.1. The highest BCUT2D eigenvalue weighted by Crippen LogP contribution is 2.08. The summed E-state index contributed by atoms with van der Waals surface area (Å²) in [5.41, 5.74) is 0. The molecule has 2 saturated heterocycles. The third-order valence-electron chi connectivity index (χ3n) is 3.17. The van der Waals surface area contributed by atoms with Crippen LogP contribution in [0.4, 0.5) is 0 Å². The molecule has 0 bridgehead atoms.